The summed E-state index contributed by atoms with van der Waals surface area (Å²) in [6.45, 7) is 1.92. The summed E-state index contributed by atoms with van der Waals surface area (Å²) < 4.78 is 0. The predicted octanol–water partition coefficient (Wildman–Crippen LogP) is 0.502. The Kier molecular flexibility index (Phi) is 1.38. The Morgan fingerprint density at radius 3 is 2.56 bits per heavy atom. The summed E-state index contributed by atoms with van der Waals surface area (Å²) >= 11 is 0. The molecular weight excluding hydrogens is 118 g/mol. The van der Waals surface area contributed by atoms with Crippen LogP contribution in [0.25, 0.3) is 0 Å². The first-order valence-electron chi connectivity index (χ1n) is 2.85. The van der Waals surface area contributed by atoms with Gasteiger partial charge in [0.1, 0.15) is 5.84 Å². The van der Waals surface area contributed by atoms with Gasteiger partial charge in [0, 0.05) is 0 Å². The largest absolute Gasteiger partial charge is 0.365 e. The van der Waals surface area contributed by atoms with E-state index in [0.717, 1.165) is 6.42 Å². The molecule has 1 atom stereocenters. The van der Waals surface area contributed by atoms with E-state index in [-0.39, 0.29) is 11.8 Å². The molecule has 0 amide bonds. The molecule has 0 aliphatic carbocycles. The van der Waals surface area contributed by atoms with Crippen molar-refractivity contribution in [3.63, 3.8) is 0 Å². The van der Waals surface area contributed by atoms with Crippen LogP contribution in [0.4, 0.5) is 0 Å². The first-order chi connectivity index (χ1) is 4.25. The fraction of sp³-hybridized carbons (Fsp3) is 0.600. The quantitative estimate of drug-likeness (QED) is 0.480. The average molecular weight is 127 g/mol. The van der Waals surface area contributed by atoms with Gasteiger partial charge in [-0.15, -0.1) is 0 Å². The van der Waals surface area contributed by atoms with Gasteiger partial charge in [-0.2, -0.15) is 0 Å². The van der Waals surface area contributed by atoms with Crippen LogP contribution in [0.5, 0.6) is 0 Å². The first kappa shape index (κ1) is 6.07. The van der Waals surface area contributed by atoms with Crippen LogP contribution in [0.2, 0.25) is 0 Å². The molecule has 1 heterocycles. The average Bonchev–Trinajstić information content (AvgIpc) is 2.12. The second-order valence-electron chi connectivity index (χ2n) is 1.94. The molecule has 0 radical (unpaired) electrons. The molecule has 4 heteroatoms. The number of amidine groups is 1. The van der Waals surface area contributed by atoms with Crippen LogP contribution >= 0.6 is 0 Å². The second-order valence-corrected chi connectivity index (χ2v) is 1.94. The molecule has 0 saturated carbocycles. The molecule has 50 valence electrons. The highest BCUT2D eigenvalue weighted by atomic mass is 16.7. The van der Waals surface area contributed by atoms with E-state index in [1.165, 1.54) is 0 Å². The lowest BCUT2D eigenvalue weighted by atomic mass is 10.1. The zero-order valence-corrected chi connectivity index (χ0v) is 5.19. The SMILES string of the molecule is CCC1C(=N)NOC1=N. The maximum atomic E-state index is 7.16. The van der Waals surface area contributed by atoms with Crippen LogP contribution in [-0.4, -0.2) is 11.7 Å². The maximum Gasteiger partial charge on any atom is 0.225 e. The minimum Gasteiger partial charge on any atom is -0.365 e. The van der Waals surface area contributed by atoms with Crippen molar-refractivity contribution in [3.8, 4) is 0 Å². The summed E-state index contributed by atoms with van der Waals surface area (Å²) in [4.78, 5) is 4.58. The van der Waals surface area contributed by atoms with Gasteiger partial charge in [-0.3, -0.25) is 10.8 Å². The molecule has 1 rings (SSSR count). The summed E-state index contributed by atoms with van der Waals surface area (Å²) in [5.41, 5.74) is 2.33. The molecule has 1 unspecified atom stereocenters. The van der Waals surface area contributed by atoms with Gasteiger partial charge in [-0.25, -0.2) is 5.48 Å². The normalized spacial score (nSPS) is 25.7. The van der Waals surface area contributed by atoms with E-state index in [0.29, 0.717) is 5.84 Å². The molecule has 0 aromatic heterocycles. The van der Waals surface area contributed by atoms with E-state index in [1.54, 1.807) is 0 Å². The molecule has 1 aliphatic rings. The van der Waals surface area contributed by atoms with Gasteiger partial charge >= 0.3 is 0 Å². The molecule has 1 saturated heterocycles. The van der Waals surface area contributed by atoms with Gasteiger partial charge in [-0.05, 0) is 6.42 Å². The van der Waals surface area contributed by atoms with E-state index >= 15 is 0 Å². The molecular formula is C5H9N3O. The Labute approximate surface area is 53.2 Å². The van der Waals surface area contributed by atoms with Crippen LogP contribution in [0, 0.1) is 16.7 Å². The monoisotopic (exact) mass is 127 g/mol. The van der Waals surface area contributed by atoms with Crippen molar-refractivity contribution in [2.75, 3.05) is 0 Å². The van der Waals surface area contributed by atoms with Gasteiger partial charge in [0.25, 0.3) is 0 Å². The topological polar surface area (TPSA) is 69.0 Å². The lowest BCUT2D eigenvalue weighted by Gasteiger charge is -1.97. The lowest BCUT2D eigenvalue weighted by molar-refractivity contribution is 0.259. The fourth-order valence-corrected chi connectivity index (χ4v) is 0.773. The van der Waals surface area contributed by atoms with E-state index in [1.807, 2.05) is 6.92 Å². The molecule has 0 spiro atoms. The molecule has 0 aromatic carbocycles. The van der Waals surface area contributed by atoms with Crippen LogP contribution < -0.4 is 5.48 Å². The molecule has 9 heavy (non-hydrogen) atoms. The van der Waals surface area contributed by atoms with Crippen molar-refractivity contribution in [2.45, 2.75) is 13.3 Å². The van der Waals surface area contributed by atoms with Crippen LogP contribution in [0.15, 0.2) is 0 Å². The highest BCUT2D eigenvalue weighted by molar-refractivity contribution is 6.03. The van der Waals surface area contributed by atoms with E-state index in [9.17, 15) is 0 Å². The number of hydrogen-bond donors (Lipinski definition) is 3. The fourth-order valence-electron chi connectivity index (χ4n) is 0.773. The summed E-state index contributed by atoms with van der Waals surface area (Å²) in [5.74, 6) is 0.315. The van der Waals surface area contributed by atoms with Crippen LogP contribution in [0.3, 0.4) is 0 Å². The highest BCUT2D eigenvalue weighted by Crippen LogP contribution is 2.10. The van der Waals surface area contributed by atoms with E-state index in [4.69, 9.17) is 10.8 Å². The third kappa shape index (κ3) is 0.872. The molecule has 3 N–H and O–H groups in total. The summed E-state index contributed by atoms with van der Waals surface area (Å²) in [7, 11) is 0. The Hall–Kier alpha value is -1.06. The molecule has 0 bridgehead atoms. The Bertz CT molecular complexity index is 138. The smallest absolute Gasteiger partial charge is 0.225 e. The predicted molar refractivity (Wildman–Crippen MR) is 33.5 cm³/mol. The summed E-state index contributed by atoms with van der Waals surface area (Å²) in [5, 5.41) is 14.3. The van der Waals surface area contributed by atoms with Gasteiger partial charge in [0.2, 0.25) is 5.90 Å². The van der Waals surface area contributed by atoms with Crippen LogP contribution in [0.1, 0.15) is 13.3 Å². The molecule has 0 aromatic rings. The minimum absolute atomic E-state index is 0.134. The standard InChI is InChI=1S/C5H9N3O/c1-2-3-4(6)8-9-5(3)7/h3,7H,2H2,1H3,(H2,6,8). The van der Waals surface area contributed by atoms with Gasteiger partial charge in [-0.1, -0.05) is 6.92 Å². The second kappa shape index (κ2) is 2.05. The Morgan fingerprint density at radius 2 is 2.33 bits per heavy atom. The number of hydrogen-bond acceptors (Lipinski definition) is 3. The molecule has 1 aliphatic heterocycles. The highest BCUT2D eigenvalue weighted by Gasteiger charge is 2.26. The lowest BCUT2D eigenvalue weighted by Crippen LogP contribution is -2.17. The summed E-state index contributed by atoms with van der Waals surface area (Å²) in [6, 6.07) is 0. The van der Waals surface area contributed by atoms with Gasteiger partial charge in [0.05, 0.1) is 5.92 Å². The third-order valence-electron chi connectivity index (χ3n) is 1.34. The first-order valence-corrected chi connectivity index (χ1v) is 2.85. The maximum absolute atomic E-state index is 7.16. The van der Waals surface area contributed by atoms with E-state index in [2.05, 4.69) is 10.3 Å². The number of hydroxylamine groups is 1. The Balaban J connectivity index is 2.66. The zero-order valence-electron chi connectivity index (χ0n) is 5.19. The van der Waals surface area contributed by atoms with Crippen molar-refractivity contribution in [2.24, 2.45) is 5.92 Å². The third-order valence-corrected chi connectivity index (χ3v) is 1.34. The van der Waals surface area contributed by atoms with Crippen LogP contribution in [-0.2, 0) is 4.84 Å². The van der Waals surface area contributed by atoms with Crippen molar-refractivity contribution >= 4 is 11.7 Å². The van der Waals surface area contributed by atoms with Crippen molar-refractivity contribution in [3.05, 3.63) is 0 Å². The molecule has 4 nitrogen and oxygen atoms in total. The zero-order chi connectivity index (χ0) is 6.85. The van der Waals surface area contributed by atoms with E-state index < -0.39 is 0 Å². The van der Waals surface area contributed by atoms with Crippen molar-refractivity contribution in [1.82, 2.24) is 5.48 Å². The van der Waals surface area contributed by atoms with Crippen molar-refractivity contribution < 1.29 is 4.84 Å². The number of nitrogens with one attached hydrogen (secondary N) is 3. The summed E-state index contributed by atoms with van der Waals surface area (Å²) in [6.07, 6.45) is 0.755. The number of rotatable bonds is 1. The van der Waals surface area contributed by atoms with Gasteiger partial charge < -0.3 is 4.84 Å². The van der Waals surface area contributed by atoms with Crippen molar-refractivity contribution in [1.29, 1.82) is 10.8 Å². The van der Waals surface area contributed by atoms with Gasteiger partial charge in [0.15, 0.2) is 0 Å². The molecule has 1 fully saturated rings. The minimum atomic E-state index is -0.134. The Morgan fingerprint density at radius 1 is 1.67 bits per heavy atom.